The Bertz CT molecular complexity index is 614. The molecule has 0 saturated carbocycles. The zero-order chi connectivity index (χ0) is 16.0. The van der Waals surface area contributed by atoms with Crippen LogP contribution in [0.3, 0.4) is 0 Å². The highest BCUT2D eigenvalue weighted by Gasteiger charge is 2.29. The van der Waals surface area contributed by atoms with Gasteiger partial charge in [-0.2, -0.15) is 13.7 Å². The fraction of sp³-hybridized carbons (Fsp3) is 0.533. The monoisotopic (exact) mass is 325 g/mol. The maximum absolute atomic E-state index is 12.2. The molecule has 0 aliphatic carbocycles. The predicted octanol–water partition coefficient (Wildman–Crippen LogP) is 1.71. The molecule has 2 atom stereocenters. The molecule has 1 aliphatic rings. The first kappa shape index (κ1) is 16.7. The van der Waals surface area contributed by atoms with Gasteiger partial charge < -0.3 is 13.7 Å². The van der Waals surface area contributed by atoms with E-state index in [0.29, 0.717) is 18.8 Å². The van der Waals surface area contributed by atoms with E-state index in [1.165, 1.54) is 31.4 Å². The van der Waals surface area contributed by atoms with Crippen molar-refractivity contribution in [2.75, 3.05) is 26.1 Å². The third-order valence-corrected chi connectivity index (χ3v) is 4.78. The molecule has 2 unspecified atom stereocenters. The van der Waals surface area contributed by atoms with Crippen molar-refractivity contribution in [3.05, 3.63) is 29.8 Å². The van der Waals surface area contributed by atoms with Gasteiger partial charge in [0.25, 0.3) is 0 Å². The lowest BCUT2D eigenvalue weighted by Gasteiger charge is -2.28. The fourth-order valence-electron chi connectivity index (χ4n) is 2.42. The van der Waals surface area contributed by atoms with Gasteiger partial charge in [0.1, 0.15) is 11.5 Å². The first-order valence-corrected chi connectivity index (χ1v) is 8.64. The van der Waals surface area contributed by atoms with Crippen molar-refractivity contribution in [3.8, 4) is 11.8 Å². The third-order valence-electron chi connectivity index (χ3n) is 3.60. The Labute approximate surface area is 130 Å². The standard InChI is InChI=1S/C15H19NO5S/c1-19-15(13-3-2-8-20-10-13)11-22(17,18)21-14-6-4-12(9-16)5-7-14/h4-7,13,15H,2-3,8,10-11H2,1H3. The van der Waals surface area contributed by atoms with E-state index in [2.05, 4.69) is 0 Å². The van der Waals surface area contributed by atoms with Crippen molar-refractivity contribution >= 4 is 10.1 Å². The summed E-state index contributed by atoms with van der Waals surface area (Å²) in [5.74, 6) is 0.0178. The van der Waals surface area contributed by atoms with Crippen LogP contribution in [0.25, 0.3) is 0 Å². The summed E-state index contributed by atoms with van der Waals surface area (Å²) in [5, 5.41) is 8.72. The minimum absolute atomic E-state index is 0.0538. The molecular formula is C15H19NO5S. The Hall–Kier alpha value is -1.62. The lowest BCUT2D eigenvalue weighted by Crippen LogP contribution is -2.37. The van der Waals surface area contributed by atoms with Gasteiger partial charge in [0.05, 0.1) is 24.3 Å². The van der Waals surface area contributed by atoms with E-state index in [1.54, 1.807) is 0 Å². The van der Waals surface area contributed by atoms with Gasteiger partial charge in [0.15, 0.2) is 0 Å². The van der Waals surface area contributed by atoms with Crippen LogP contribution in [0.4, 0.5) is 0 Å². The van der Waals surface area contributed by atoms with Gasteiger partial charge in [-0.3, -0.25) is 0 Å². The summed E-state index contributed by atoms with van der Waals surface area (Å²) in [6.45, 7) is 1.21. The molecule has 22 heavy (non-hydrogen) atoms. The average molecular weight is 325 g/mol. The van der Waals surface area contributed by atoms with Crippen LogP contribution in [0, 0.1) is 17.2 Å². The molecular weight excluding hydrogens is 306 g/mol. The highest BCUT2D eigenvalue weighted by atomic mass is 32.2. The zero-order valence-corrected chi connectivity index (χ0v) is 13.2. The van der Waals surface area contributed by atoms with Gasteiger partial charge in [-0.15, -0.1) is 0 Å². The van der Waals surface area contributed by atoms with Gasteiger partial charge in [-0.05, 0) is 37.1 Å². The summed E-state index contributed by atoms with van der Waals surface area (Å²) in [4.78, 5) is 0. The van der Waals surface area contributed by atoms with E-state index in [4.69, 9.17) is 18.9 Å². The lowest BCUT2D eigenvalue weighted by molar-refractivity contribution is -0.0193. The van der Waals surface area contributed by atoms with Crippen LogP contribution in [-0.4, -0.2) is 40.6 Å². The van der Waals surface area contributed by atoms with Crippen LogP contribution in [0.15, 0.2) is 24.3 Å². The van der Waals surface area contributed by atoms with Gasteiger partial charge >= 0.3 is 10.1 Å². The maximum atomic E-state index is 12.2. The second-order valence-corrected chi connectivity index (χ2v) is 6.81. The van der Waals surface area contributed by atoms with Crippen molar-refractivity contribution in [3.63, 3.8) is 0 Å². The molecule has 120 valence electrons. The molecule has 1 aromatic carbocycles. The number of ether oxygens (including phenoxy) is 2. The highest BCUT2D eigenvalue weighted by Crippen LogP contribution is 2.22. The third kappa shape index (κ3) is 4.70. The van der Waals surface area contributed by atoms with Crippen LogP contribution in [0.5, 0.6) is 5.75 Å². The maximum Gasteiger partial charge on any atom is 0.311 e. The van der Waals surface area contributed by atoms with E-state index in [0.717, 1.165) is 12.8 Å². The molecule has 2 rings (SSSR count). The molecule has 1 aliphatic heterocycles. The number of hydrogen-bond acceptors (Lipinski definition) is 6. The Morgan fingerprint density at radius 2 is 2.14 bits per heavy atom. The van der Waals surface area contributed by atoms with Crippen LogP contribution in [0.1, 0.15) is 18.4 Å². The minimum Gasteiger partial charge on any atom is -0.382 e. The fourth-order valence-corrected chi connectivity index (χ4v) is 3.71. The molecule has 1 heterocycles. The van der Waals surface area contributed by atoms with E-state index in [9.17, 15) is 8.42 Å². The molecule has 0 bridgehead atoms. The van der Waals surface area contributed by atoms with Crippen LogP contribution in [-0.2, 0) is 19.6 Å². The Balaban J connectivity index is 2.00. The van der Waals surface area contributed by atoms with E-state index in [-0.39, 0.29) is 17.4 Å². The van der Waals surface area contributed by atoms with E-state index < -0.39 is 16.2 Å². The summed E-state index contributed by atoms with van der Waals surface area (Å²) in [5.41, 5.74) is 0.443. The van der Waals surface area contributed by atoms with Gasteiger partial charge in [-0.1, -0.05) is 0 Å². The Morgan fingerprint density at radius 1 is 1.41 bits per heavy atom. The van der Waals surface area contributed by atoms with Crippen molar-refractivity contribution in [2.24, 2.45) is 5.92 Å². The SMILES string of the molecule is COC(CS(=O)(=O)Oc1ccc(C#N)cc1)C1CCCOC1. The first-order valence-electron chi connectivity index (χ1n) is 7.07. The average Bonchev–Trinajstić information content (AvgIpc) is 2.54. The van der Waals surface area contributed by atoms with Crippen LogP contribution in [0.2, 0.25) is 0 Å². The second kappa shape index (κ2) is 7.58. The smallest absolute Gasteiger partial charge is 0.311 e. The van der Waals surface area contributed by atoms with Crippen molar-refractivity contribution in [1.29, 1.82) is 5.26 Å². The molecule has 1 saturated heterocycles. The molecule has 1 fully saturated rings. The number of nitriles is 1. The van der Waals surface area contributed by atoms with Gasteiger partial charge in [0, 0.05) is 19.6 Å². The Morgan fingerprint density at radius 3 is 2.68 bits per heavy atom. The largest absolute Gasteiger partial charge is 0.382 e. The van der Waals surface area contributed by atoms with Crippen LogP contribution < -0.4 is 4.18 Å². The quantitative estimate of drug-likeness (QED) is 0.740. The minimum atomic E-state index is -3.78. The number of nitrogens with zero attached hydrogens (tertiary/aromatic N) is 1. The molecule has 0 spiro atoms. The van der Waals surface area contributed by atoms with Crippen molar-refractivity contribution in [1.82, 2.24) is 0 Å². The number of hydrogen-bond donors (Lipinski definition) is 0. The number of benzene rings is 1. The van der Waals surface area contributed by atoms with Gasteiger partial charge in [0.2, 0.25) is 0 Å². The first-order chi connectivity index (χ1) is 10.5. The molecule has 6 nitrogen and oxygen atoms in total. The lowest BCUT2D eigenvalue weighted by atomic mass is 9.97. The highest BCUT2D eigenvalue weighted by molar-refractivity contribution is 7.87. The summed E-state index contributed by atoms with van der Waals surface area (Å²) in [6, 6.07) is 7.90. The summed E-state index contributed by atoms with van der Waals surface area (Å²) in [6.07, 6.45) is 1.33. The van der Waals surface area contributed by atoms with Gasteiger partial charge in [-0.25, -0.2) is 0 Å². The number of methoxy groups -OCH3 is 1. The number of rotatable bonds is 6. The molecule has 0 amide bonds. The van der Waals surface area contributed by atoms with Crippen LogP contribution >= 0.6 is 0 Å². The van der Waals surface area contributed by atoms with Crippen molar-refractivity contribution in [2.45, 2.75) is 18.9 Å². The van der Waals surface area contributed by atoms with Crippen molar-refractivity contribution < 1.29 is 22.1 Å². The van der Waals surface area contributed by atoms with E-state index >= 15 is 0 Å². The normalized spacial score (nSPS) is 20.1. The zero-order valence-electron chi connectivity index (χ0n) is 12.4. The molecule has 1 aromatic rings. The molecule has 0 N–H and O–H groups in total. The van der Waals surface area contributed by atoms with E-state index in [1.807, 2.05) is 6.07 Å². The summed E-state index contributed by atoms with van der Waals surface area (Å²) in [7, 11) is -2.28. The summed E-state index contributed by atoms with van der Waals surface area (Å²) < 4.78 is 40.1. The summed E-state index contributed by atoms with van der Waals surface area (Å²) >= 11 is 0. The molecule has 0 aromatic heterocycles. The second-order valence-electron chi connectivity index (χ2n) is 5.20. The predicted molar refractivity (Wildman–Crippen MR) is 79.9 cm³/mol. The Kier molecular flexibility index (Phi) is 5.77. The molecule has 0 radical (unpaired) electrons. The topological polar surface area (TPSA) is 85.6 Å². The molecule has 7 heteroatoms.